The van der Waals surface area contributed by atoms with Crippen LogP contribution in [0.25, 0.3) is 0 Å². The number of sulfonamides is 1. The molecule has 1 N–H and O–H groups in total. The lowest BCUT2D eigenvalue weighted by Gasteiger charge is -2.25. The molecule has 19 heavy (non-hydrogen) atoms. The highest BCUT2D eigenvalue weighted by Crippen LogP contribution is 2.27. The van der Waals surface area contributed by atoms with E-state index in [4.69, 9.17) is 0 Å². The molecule has 0 heterocycles. The Kier molecular flexibility index (Phi) is 5.98. The highest BCUT2D eigenvalue weighted by molar-refractivity contribution is 9.10. The summed E-state index contributed by atoms with van der Waals surface area (Å²) in [5, 5.41) is 3.02. The van der Waals surface area contributed by atoms with E-state index in [1.54, 1.807) is 12.1 Å². The number of halogens is 1. The van der Waals surface area contributed by atoms with Crippen molar-refractivity contribution in [2.45, 2.75) is 38.3 Å². The van der Waals surface area contributed by atoms with Crippen molar-refractivity contribution in [3.8, 4) is 0 Å². The summed E-state index contributed by atoms with van der Waals surface area (Å²) in [7, 11) is -1.63. The maximum absolute atomic E-state index is 12.7. The summed E-state index contributed by atoms with van der Waals surface area (Å²) >= 11 is 3.34. The fraction of sp³-hybridized carbons (Fsp3) is 0.538. The smallest absolute Gasteiger partial charge is 0.244 e. The molecule has 0 saturated carbocycles. The second-order valence-electron chi connectivity index (χ2n) is 4.60. The van der Waals surface area contributed by atoms with E-state index in [2.05, 4.69) is 21.2 Å². The normalized spacial score (nSPS) is 12.4. The molecule has 1 aromatic rings. The van der Waals surface area contributed by atoms with Crippen LogP contribution in [0.3, 0.4) is 0 Å². The summed E-state index contributed by atoms with van der Waals surface area (Å²) in [6.45, 7) is 6.72. The van der Waals surface area contributed by atoms with Crippen molar-refractivity contribution in [3.63, 3.8) is 0 Å². The first kappa shape index (κ1) is 16.6. The van der Waals surface area contributed by atoms with Crippen molar-refractivity contribution in [1.82, 2.24) is 9.62 Å². The van der Waals surface area contributed by atoms with Gasteiger partial charge in [-0.3, -0.25) is 0 Å². The molecule has 0 spiro atoms. The Hall–Kier alpha value is -0.430. The van der Waals surface area contributed by atoms with Crippen molar-refractivity contribution < 1.29 is 8.42 Å². The third-order valence-electron chi connectivity index (χ3n) is 2.85. The highest BCUT2D eigenvalue weighted by atomic mass is 79.9. The maximum atomic E-state index is 12.7. The van der Waals surface area contributed by atoms with Crippen molar-refractivity contribution in [2.75, 3.05) is 13.6 Å². The number of hydrogen-bond donors (Lipinski definition) is 1. The molecular weight excluding hydrogens is 328 g/mol. The average molecular weight is 349 g/mol. The third-order valence-corrected chi connectivity index (χ3v) is 6.00. The lowest BCUT2D eigenvalue weighted by molar-refractivity contribution is 0.369. The number of nitrogens with one attached hydrogen (secondary N) is 1. The van der Waals surface area contributed by atoms with E-state index in [1.165, 1.54) is 4.31 Å². The molecular formula is C13H21BrN2O2S. The van der Waals surface area contributed by atoms with Gasteiger partial charge in [0.25, 0.3) is 0 Å². The monoisotopic (exact) mass is 348 g/mol. The Morgan fingerprint density at radius 1 is 1.37 bits per heavy atom. The largest absolute Gasteiger partial charge is 0.316 e. The van der Waals surface area contributed by atoms with E-state index < -0.39 is 10.0 Å². The molecule has 1 aromatic carbocycles. The quantitative estimate of drug-likeness (QED) is 0.859. The molecule has 0 aliphatic carbocycles. The van der Waals surface area contributed by atoms with Gasteiger partial charge in [0, 0.05) is 23.6 Å². The van der Waals surface area contributed by atoms with Crippen LogP contribution < -0.4 is 5.32 Å². The molecule has 6 heteroatoms. The van der Waals surface area contributed by atoms with E-state index in [-0.39, 0.29) is 6.04 Å². The van der Waals surface area contributed by atoms with Crippen molar-refractivity contribution >= 4 is 26.0 Å². The summed E-state index contributed by atoms with van der Waals surface area (Å²) in [5.74, 6) is 0. The minimum Gasteiger partial charge on any atom is -0.316 e. The molecule has 0 aliphatic heterocycles. The lowest BCUT2D eigenvalue weighted by atomic mass is 10.2. The Labute approximate surface area is 124 Å². The van der Waals surface area contributed by atoms with Crippen LogP contribution in [0, 0.1) is 0 Å². The van der Waals surface area contributed by atoms with Crippen molar-refractivity contribution in [3.05, 3.63) is 28.2 Å². The van der Waals surface area contributed by atoms with Crippen molar-refractivity contribution in [1.29, 1.82) is 0 Å². The number of nitrogens with zero attached hydrogens (tertiary/aromatic N) is 1. The van der Waals surface area contributed by atoms with Crippen molar-refractivity contribution in [2.24, 2.45) is 0 Å². The molecule has 108 valence electrons. The zero-order valence-corrected chi connectivity index (χ0v) is 14.2. The van der Waals surface area contributed by atoms with E-state index in [1.807, 2.05) is 33.9 Å². The second-order valence-corrected chi connectivity index (χ2v) is 7.31. The molecule has 0 radical (unpaired) electrons. The Morgan fingerprint density at radius 2 is 2.00 bits per heavy atom. The summed E-state index contributed by atoms with van der Waals surface area (Å²) in [5.41, 5.74) is 0.948. The van der Waals surface area contributed by atoms with Gasteiger partial charge in [0.2, 0.25) is 10.0 Å². The average Bonchev–Trinajstić information content (AvgIpc) is 2.31. The molecule has 0 bridgehead atoms. The predicted octanol–water partition coefficient (Wildman–Crippen LogP) is 2.59. The number of hydrogen-bond acceptors (Lipinski definition) is 3. The fourth-order valence-electron chi connectivity index (χ4n) is 2.00. The van der Waals surface area contributed by atoms with Gasteiger partial charge in [-0.2, -0.15) is 4.31 Å². The summed E-state index contributed by atoms with van der Waals surface area (Å²) in [6.07, 6.45) is 0. The van der Waals surface area contributed by atoms with E-state index in [0.717, 1.165) is 5.56 Å². The first-order valence-corrected chi connectivity index (χ1v) is 8.52. The molecule has 1 rings (SSSR count). The number of rotatable bonds is 6. The summed E-state index contributed by atoms with van der Waals surface area (Å²) < 4.78 is 27.4. The lowest BCUT2D eigenvalue weighted by Crippen LogP contribution is -2.36. The van der Waals surface area contributed by atoms with Crippen LogP contribution in [0.15, 0.2) is 27.6 Å². The summed E-state index contributed by atoms with van der Waals surface area (Å²) in [6, 6.07) is 5.36. The van der Waals surface area contributed by atoms with Gasteiger partial charge < -0.3 is 5.32 Å². The molecule has 0 amide bonds. The predicted molar refractivity (Wildman–Crippen MR) is 81.6 cm³/mol. The van der Waals surface area contributed by atoms with Gasteiger partial charge in [-0.25, -0.2) is 8.42 Å². The minimum atomic E-state index is -3.46. The topological polar surface area (TPSA) is 49.4 Å². The molecule has 0 fully saturated rings. The van der Waals surface area contributed by atoms with Gasteiger partial charge >= 0.3 is 0 Å². The van der Waals surface area contributed by atoms with Gasteiger partial charge in [0.15, 0.2) is 0 Å². The van der Waals surface area contributed by atoms with Crippen LogP contribution in [0.5, 0.6) is 0 Å². The van der Waals surface area contributed by atoms with Crippen LogP contribution in [-0.2, 0) is 16.6 Å². The SMILES string of the molecule is CCN(C(C)C)S(=O)(=O)c1cc(CNC)ccc1Br. The van der Waals surface area contributed by atoms with E-state index >= 15 is 0 Å². The zero-order valence-electron chi connectivity index (χ0n) is 11.8. The van der Waals surface area contributed by atoms with Gasteiger partial charge in [-0.15, -0.1) is 0 Å². The Balaban J connectivity index is 3.30. The first-order chi connectivity index (χ1) is 8.84. The van der Waals surface area contributed by atoms with Gasteiger partial charge in [-0.05, 0) is 54.5 Å². The minimum absolute atomic E-state index is 0.0603. The highest BCUT2D eigenvalue weighted by Gasteiger charge is 2.27. The maximum Gasteiger partial charge on any atom is 0.244 e. The van der Waals surface area contributed by atoms with E-state index in [9.17, 15) is 8.42 Å². The second kappa shape index (κ2) is 6.83. The van der Waals surface area contributed by atoms with Crippen LogP contribution in [0.1, 0.15) is 26.3 Å². The molecule has 0 unspecified atom stereocenters. The fourth-order valence-corrected chi connectivity index (χ4v) is 4.62. The number of benzene rings is 1. The molecule has 0 atom stereocenters. The Morgan fingerprint density at radius 3 is 2.47 bits per heavy atom. The van der Waals surface area contributed by atoms with Gasteiger partial charge in [0.05, 0.1) is 4.90 Å². The Bertz CT molecular complexity index is 529. The van der Waals surface area contributed by atoms with Crippen LogP contribution >= 0.6 is 15.9 Å². The van der Waals surface area contributed by atoms with E-state index in [0.29, 0.717) is 22.5 Å². The zero-order chi connectivity index (χ0) is 14.6. The van der Waals surface area contributed by atoms with Crippen LogP contribution in [-0.4, -0.2) is 32.4 Å². The first-order valence-electron chi connectivity index (χ1n) is 6.29. The standard InChI is InChI=1S/C13H21BrN2O2S/c1-5-16(10(2)3)19(17,18)13-8-11(9-15-4)6-7-12(13)14/h6-8,10,15H,5,9H2,1-4H3. The molecule has 0 aromatic heterocycles. The molecule has 0 saturated heterocycles. The molecule has 4 nitrogen and oxygen atoms in total. The van der Waals surface area contributed by atoms with Crippen LogP contribution in [0.4, 0.5) is 0 Å². The summed E-state index contributed by atoms with van der Waals surface area (Å²) in [4.78, 5) is 0.329. The van der Waals surface area contributed by atoms with Gasteiger partial charge in [-0.1, -0.05) is 13.0 Å². The third kappa shape index (κ3) is 3.78. The van der Waals surface area contributed by atoms with Gasteiger partial charge in [0.1, 0.15) is 0 Å². The van der Waals surface area contributed by atoms with Crippen LogP contribution in [0.2, 0.25) is 0 Å². The molecule has 0 aliphatic rings.